The van der Waals surface area contributed by atoms with Crippen LogP contribution in [0.1, 0.15) is 11.1 Å². The maximum atomic E-state index is 13.0. The summed E-state index contributed by atoms with van der Waals surface area (Å²) in [6.07, 6.45) is 0.394. The third kappa shape index (κ3) is 4.94. The first-order valence-corrected chi connectivity index (χ1v) is 10.9. The third-order valence-electron chi connectivity index (χ3n) is 5.48. The summed E-state index contributed by atoms with van der Waals surface area (Å²) in [7, 11) is 2.88. The lowest BCUT2D eigenvalue weighted by Gasteiger charge is -2.15. The molecule has 4 rings (SSSR count). The normalized spacial score (nSPS) is 12.3. The lowest BCUT2D eigenvalue weighted by Crippen LogP contribution is -2.38. The molecule has 2 heterocycles. The zero-order valence-corrected chi connectivity index (χ0v) is 19.5. The molecule has 11 heteroatoms. The molecule has 35 heavy (non-hydrogen) atoms. The number of aliphatic hydroxyl groups excluding tert-OH is 1. The van der Waals surface area contributed by atoms with Crippen LogP contribution >= 0.6 is 0 Å². The second-order valence-electron chi connectivity index (χ2n) is 8.13. The number of nitrogens with zero attached hydrogens (tertiary/aromatic N) is 5. The van der Waals surface area contributed by atoms with Gasteiger partial charge in [-0.25, -0.2) is 10.2 Å². The predicted octanol–water partition coefficient (Wildman–Crippen LogP) is 1.33. The number of hydrazone groups is 1. The topological polar surface area (TPSA) is 136 Å². The number of anilines is 1. The van der Waals surface area contributed by atoms with Gasteiger partial charge in [0.25, 0.3) is 5.56 Å². The van der Waals surface area contributed by atoms with Gasteiger partial charge in [-0.15, -0.1) is 0 Å². The molecule has 0 saturated carbocycles. The van der Waals surface area contributed by atoms with Gasteiger partial charge in [-0.2, -0.15) is 10.1 Å². The van der Waals surface area contributed by atoms with Crippen molar-refractivity contribution in [2.24, 2.45) is 19.2 Å². The van der Waals surface area contributed by atoms with Crippen LogP contribution in [0.2, 0.25) is 0 Å². The van der Waals surface area contributed by atoms with E-state index in [1.165, 1.54) is 35.5 Å². The highest BCUT2D eigenvalue weighted by Gasteiger charge is 2.21. The fourth-order valence-electron chi connectivity index (χ4n) is 3.63. The van der Waals surface area contributed by atoms with Gasteiger partial charge in [-0.05, 0) is 36.8 Å². The first kappa shape index (κ1) is 23.8. The van der Waals surface area contributed by atoms with Crippen LogP contribution in [-0.4, -0.2) is 47.8 Å². The van der Waals surface area contributed by atoms with Gasteiger partial charge in [0.15, 0.2) is 11.2 Å². The average Bonchev–Trinajstić information content (AvgIpc) is 3.19. The number of phenolic OH excluding ortho intramolecular Hbond substituents is 1. The lowest BCUT2D eigenvalue weighted by molar-refractivity contribution is 0.0938. The van der Waals surface area contributed by atoms with Crippen molar-refractivity contribution in [3.05, 3.63) is 80.5 Å². The summed E-state index contributed by atoms with van der Waals surface area (Å²) in [6, 6.07) is 14.1. The second kappa shape index (κ2) is 9.85. The van der Waals surface area contributed by atoms with Crippen LogP contribution in [0.4, 0.5) is 5.95 Å². The molecule has 1 unspecified atom stereocenters. The molecule has 0 aliphatic carbocycles. The van der Waals surface area contributed by atoms with E-state index in [9.17, 15) is 19.8 Å². The van der Waals surface area contributed by atoms with E-state index in [1.807, 2.05) is 25.1 Å². The van der Waals surface area contributed by atoms with Crippen LogP contribution in [0.3, 0.4) is 0 Å². The molecule has 0 radical (unpaired) electrons. The summed E-state index contributed by atoms with van der Waals surface area (Å²) >= 11 is 0. The zero-order chi connectivity index (χ0) is 25.1. The fraction of sp³-hybridized carbons (Fsp3) is 0.250. The molecule has 0 amide bonds. The number of hydrogen-bond donors (Lipinski definition) is 3. The summed E-state index contributed by atoms with van der Waals surface area (Å²) in [5, 5.41) is 24.8. The molecule has 2 aromatic heterocycles. The Bertz CT molecular complexity index is 1520. The van der Waals surface area contributed by atoms with Crippen molar-refractivity contribution >= 4 is 23.3 Å². The minimum absolute atomic E-state index is 0.0319. The molecule has 0 aliphatic heterocycles. The van der Waals surface area contributed by atoms with E-state index in [-0.39, 0.29) is 36.0 Å². The fourth-order valence-corrected chi connectivity index (χ4v) is 3.63. The molecule has 3 N–H and O–H groups in total. The van der Waals surface area contributed by atoms with E-state index in [1.54, 1.807) is 24.3 Å². The van der Waals surface area contributed by atoms with Crippen molar-refractivity contribution in [2.45, 2.75) is 19.6 Å². The highest BCUT2D eigenvalue weighted by atomic mass is 16.5. The number of ether oxygens (including phenoxy) is 1. The quantitative estimate of drug-likeness (QED) is 0.257. The Hall–Kier alpha value is -4.38. The summed E-state index contributed by atoms with van der Waals surface area (Å²) in [4.78, 5) is 29.7. The van der Waals surface area contributed by atoms with Crippen LogP contribution in [0.25, 0.3) is 11.2 Å². The Morgan fingerprint density at radius 2 is 1.91 bits per heavy atom. The van der Waals surface area contributed by atoms with Crippen molar-refractivity contribution in [3.63, 3.8) is 0 Å². The minimum atomic E-state index is -1.00. The number of hydrogen-bond acceptors (Lipinski definition) is 8. The molecular weight excluding hydrogens is 452 g/mol. The number of aryl methyl sites for hydroxylation is 2. The van der Waals surface area contributed by atoms with Crippen LogP contribution in [0.15, 0.2) is 63.2 Å². The van der Waals surface area contributed by atoms with Gasteiger partial charge in [0.1, 0.15) is 24.2 Å². The summed E-state index contributed by atoms with van der Waals surface area (Å²) in [6.45, 7) is 1.86. The zero-order valence-electron chi connectivity index (χ0n) is 19.5. The molecule has 0 bridgehead atoms. The molecular formula is C24H26N6O5. The maximum Gasteiger partial charge on any atom is 0.332 e. The number of imidazole rings is 1. The number of para-hydroxylation sites is 1. The summed E-state index contributed by atoms with van der Waals surface area (Å²) in [5.41, 5.74) is 3.44. The molecule has 0 fully saturated rings. The Morgan fingerprint density at radius 1 is 1.14 bits per heavy atom. The van der Waals surface area contributed by atoms with Crippen molar-refractivity contribution < 1.29 is 14.9 Å². The SMILES string of the molecule is Cc1cccc(OCC(O)Cn2c(N/N=C/c3ccccc3O)nc3c2c(=O)n(C)c(=O)n3C)c1. The van der Waals surface area contributed by atoms with Crippen LogP contribution in [0.5, 0.6) is 11.5 Å². The molecule has 0 spiro atoms. The van der Waals surface area contributed by atoms with Gasteiger partial charge in [-0.3, -0.25) is 13.9 Å². The smallest absolute Gasteiger partial charge is 0.332 e. The number of aromatic hydroxyl groups is 1. The van der Waals surface area contributed by atoms with Crippen LogP contribution in [0, 0.1) is 6.92 Å². The second-order valence-corrected chi connectivity index (χ2v) is 8.13. The maximum absolute atomic E-state index is 13.0. The number of aromatic nitrogens is 4. The van der Waals surface area contributed by atoms with E-state index in [4.69, 9.17) is 4.74 Å². The van der Waals surface area contributed by atoms with Crippen LogP contribution < -0.4 is 21.4 Å². The third-order valence-corrected chi connectivity index (χ3v) is 5.48. The highest BCUT2D eigenvalue weighted by Crippen LogP contribution is 2.18. The van der Waals surface area contributed by atoms with E-state index in [0.29, 0.717) is 11.3 Å². The van der Waals surface area contributed by atoms with E-state index in [2.05, 4.69) is 15.5 Å². The Kier molecular flexibility index (Phi) is 6.69. The predicted molar refractivity (Wildman–Crippen MR) is 132 cm³/mol. The molecule has 0 saturated heterocycles. The lowest BCUT2D eigenvalue weighted by atomic mass is 10.2. The van der Waals surface area contributed by atoms with Crippen molar-refractivity contribution in [3.8, 4) is 11.5 Å². The number of aliphatic hydroxyl groups is 1. The highest BCUT2D eigenvalue weighted by molar-refractivity contribution is 5.83. The van der Waals surface area contributed by atoms with E-state index >= 15 is 0 Å². The van der Waals surface area contributed by atoms with Crippen molar-refractivity contribution in [1.29, 1.82) is 0 Å². The molecule has 2 aromatic carbocycles. The minimum Gasteiger partial charge on any atom is -0.507 e. The number of phenols is 1. The van der Waals surface area contributed by atoms with Gasteiger partial charge in [0, 0.05) is 19.7 Å². The van der Waals surface area contributed by atoms with Gasteiger partial charge in [0.2, 0.25) is 5.95 Å². The summed E-state index contributed by atoms with van der Waals surface area (Å²) < 4.78 is 9.39. The molecule has 4 aromatic rings. The van der Waals surface area contributed by atoms with Gasteiger partial charge < -0.3 is 19.5 Å². The Labute approximate surface area is 200 Å². The van der Waals surface area contributed by atoms with Gasteiger partial charge in [-0.1, -0.05) is 24.3 Å². The largest absolute Gasteiger partial charge is 0.507 e. The van der Waals surface area contributed by atoms with Gasteiger partial charge in [0.05, 0.1) is 12.8 Å². The summed E-state index contributed by atoms with van der Waals surface area (Å²) in [5.74, 6) is 0.801. The Morgan fingerprint density at radius 3 is 2.66 bits per heavy atom. The molecule has 0 aliphatic rings. The van der Waals surface area contributed by atoms with Crippen molar-refractivity contribution in [2.75, 3.05) is 12.0 Å². The first-order chi connectivity index (χ1) is 16.8. The van der Waals surface area contributed by atoms with Gasteiger partial charge >= 0.3 is 5.69 Å². The standard InChI is InChI=1S/C24H26N6O5/c1-15-7-6-9-18(11-15)35-14-17(31)13-30-20-21(28(2)24(34)29(3)22(20)33)26-23(30)27-25-12-16-8-4-5-10-19(16)32/h4-12,17,31-32H,13-14H2,1-3H3,(H,26,27)/b25-12+. The monoisotopic (exact) mass is 478 g/mol. The van der Waals surface area contributed by atoms with Crippen LogP contribution in [-0.2, 0) is 20.6 Å². The Balaban J connectivity index is 1.67. The number of benzene rings is 2. The number of nitrogens with one attached hydrogen (secondary N) is 1. The first-order valence-electron chi connectivity index (χ1n) is 10.9. The molecule has 11 nitrogen and oxygen atoms in total. The number of fused-ring (bicyclic) bond motifs is 1. The number of rotatable bonds is 8. The average molecular weight is 479 g/mol. The van der Waals surface area contributed by atoms with E-state index in [0.717, 1.165) is 10.1 Å². The molecule has 1 atom stereocenters. The van der Waals surface area contributed by atoms with Crippen molar-refractivity contribution in [1.82, 2.24) is 18.7 Å². The molecule has 182 valence electrons. The van der Waals surface area contributed by atoms with E-state index < -0.39 is 17.4 Å².